The zero-order valence-electron chi connectivity index (χ0n) is 9.41. The summed E-state index contributed by atoms with van der Waals surface area (Å²) in [5.41, 5.74) is 0. The number of Topliss-reactive ketones (excluding diaryl/α,β-unsaturated/α-hetero) is 1. The highest BCUT2D eigenvalue weighted by molar-refractivity contribution is 9.11. The Labute approximate surface area is 109 Å². The average Bonchev–Trinajstić information content (AvgIpc) is 2.67. The summed E-state index contributed by atoms with van der Waals surface area (Å²) < 4.78 is 1.18. The second kappa shape index (κ2) is 5.43. The smallest absolute Gasteiger partial charge is 0.138 e. The zero-order valence-corrected chi connectivity index (χ0v) is 11.8. The van der Waals surface area contributed by atoms with Crippen molar-refractivity contribution >= 4 is 33.0 Å². The summed E-state index contributed by atoms with van der Waals surface area (Å²) in [7, 11) is 0. The van der Waals surface area contributed by atoms with E-state index in [1.807, 2.05) is 0 Å². The van der Waals surface area contributed by atoms with Gasteiger partial charge in [0, 0.05) is 36.9 Å². The van der Waals surface area contributed by atoms with Gasteiger partial charge in [0.05, 0.1) is 3.79 Å². The van der Waals surface area contributed by atoms with Gasteiger partial charge in [-0.2, -0.15) is 0 Å². The van der Waals surface area contributed by atoms with Gasteiger partial charge < -0.3 is 0 Å². The number of carbonyl (C=O) groups is 1. The van der Waals surface area contributed by atoms with Crippen LogP contribution in [0.25, 0.3) is 0 Å². The van der Waals surface area contributed by atoms with E-state index >= 15 is 0 Å². The summed E-state index contributed by atoms with van der Waals surface area (Å²) in [5, 5.41) is 0. The molecule has 0 aliphatic carbocycles. The Kier molecular flexibility index (Phi) is 4.16. The third kappa shape index (κ3) is 2.93. The third-order valence-corrected chi connectivity index (χ3v) is 4.72. The van der Waals surface area contributed by atoms with Crippen LogP contribution in [0.4, 0.5) is 0 Å². The number of hydrogen-bond acceptors (Lipinski definition) is 3. The molecule has 0 N–H and O–H groups in total. The zero-order chi connectivity index (χ0) is 11.5. The molecule has 1 aliphatic rings. The van der Waals surface area contributed by atoms with Gasteiger partial charge in [-0.1, -0.05) is 6.92 Å². The van der Waals surface area contributed by atoms with Crippen LogP contribution in [-0.2, 0) is 11.3 Å². The van der Waals surface area contributed by atoms with Crippen LogP contribution in [0, 0.1) is 5.92 Å². The predicted molar refractivity (Wildman–Crippen MR) is 70.7 cm³/mol. The van der Waals surface area contributed by atoms with E-state index in [0.717, 1.165) is 32.5 Å². The van der Waals surface area contributed by atoms with Crippen molar-refractivity contribution in [2.45, 2.75) is 26.3 Å². The summed E-state index contributed by atoms with van der Waals surface area (Å²) in [5.74, 6) is 0.711. The molecule has 0 spiro atoms. The van der Waals surface area contributed by atoms with Crippen molar-refractivity contribution < 1.29 is 4.79 Å². The van der Waals surface area contributed by atoms with E-state index in [1.165, 1.54) is 8.66 Å². The number of hydrogen-bond donors (Lipinski definition) is 0. The summed E-state index contributed by atoms with van der Waals surface area (Å²) in [6.07, 6.45) is 1.70. The Morgan fingerprint density at radius 2 is 2.38 bits per heavy atom. The molecule has 0 saturated carbocycles. The summed E-state index contributed by atoms with van der Waals surface area (Å²) in [4.78, 5) is 15.4. The Balaban J connectivity index is 1.93. The first-order chi connectivity index (χ1) is 7.69. The van der Waals surface area contributed by atoms with E-state index in [4.69, 9.17) is 0 Å². The lowest BCUT2D eigenvalue weighted by Crippen LogP contribution is -2.39. The molecule has 4 heteroatoms. The fourth-order valence-corrected chi connectivity index (χ4v) is 3.66. The second-order valence-corrected chi connectivity index (χ2v) is 6.81. The van der Waals surface area contributed by atoms with Crippen LogP contribution in [-0.4, -0.2) is 23.8 Å². The number of nitrogens with zero attached hydrogens (tertiary/aromatic N) is 1. The number of likely N-dealkylation sites (tertiary alicyclic amines) is 1. The van der Waals surface area contributed by atoms with E-state index in [9.17, 15) is 4.79 Å². The van der Waals surface area contributed by atoms with Crippen LogP contribution in [0.5, 0.6) is 0 Å². The highest BCUT2D eigenvalue weighted by atomic mass is 79.9. The number of piperidine rings is 1. The number of thiophene rings is 1. The summed E-state index contributed by atoms with van der Waals surface area (Å²) in [6, 6.07) is 4.25. The molecule has 1 atom stereocenters. The van der Waals surface area contributed by atoms with E-state index < -0.39 is 0 Å². The first-order valence-electron chi connectivity index (χ1n) is 5.68. The number of carbonyl (C=O) groups excluding carboxylic acids is 1. The van der Waals surface area contributed by atoms with Gasteiger partial charge in [-0.05, 0) is 34.5 Å². The monoisotopic (exact) mass is 301 g/mol. The molecule has 2 heterocycles. The first kappa shape index (κ1) is 12.3. The highest BCUT2D eigenvalue weighted by Gasteiger charge is 2.25. The van der Waals surface area contributed by atoms with E-state index in [0.29, 0.717) is 5.78 Å². The maximum Gasteiger partial charge on any atom is 0.138 e. The van der Waals surface area contributed by atoms with Crippen LogP contribution in [0.15, 0.2) is 15.9 Å². The average molecular weight is 302 g/mol. The number of ketones is 1. The van der Waals surface area contributed by atoms with E-state index in [1.54, 1.807) is 11.3 Å². The molecule has 1 unspecified atom stereocenters. The quantitative estimate of drug-likeness (QED) is 0.854. The minimum absolute atomic E-state index is 0.261. The molecule has 0 aromatic carbocycles. The maximum absolute atomic E-state index is 11.6. The molecule has 1 fully saturated rings. The van der Waals surface area contributed by atoms with E-state index in [-0.39, 0.29) is 5.92 Å². The second-order valence-electron chi connectivity index (χ2n) is 4.26. The molecule has 0 radical (unpaired) electrons. The van der Waals surface area contributed by atoms with Crippen molar-refractivity contribution in [2.24, 2.45) is 5.92 Å². The molecule has 88 valence electrons. The lowest BCUT2D eigenvalue weighted by molar-refractivity contribution is -0.126. The van der Waals surface area contributed by atoms with Crippen molar-refractivity contribution in [1.82, 2.24) is 4.90 Å². The SMILES string of the molecule is CCC1CN(Cc2ccc(Br)s2)CCC1=O. The maximum atomic E-state index is 11.6. The largest absolute Gasteiger partial charge is 0.299 e. The molecule has 2 nitrogen and oxygen atoms in total. The van der Waals surface area contributed by atoms with Crippen molar-refractivity contribution in [2.75, 3.05) is 13.1 Å². The van der Waals surface area contributed by atoms with Crippen LogP contribution in [0.2, 0.25) is 0 Å². The Morgan fingerprint density at radius 3 is 3.00 bits per heavy atom. The van der Waals surface area contributed by atoms with Crippen molar-refractivity contribution in [3.63, 3.8) is 0 Å². The molecule has 16 heavy (non-hydrogen) atoms. The fraction of sp³-hybridized carbons (Fsp3) is 0.583. The number of rotatable bonds is 3. The Bertz CT molecular complexity index is 377. The van der Waals surface area contributed by atoms with E-state index in [2.05, 4.69) is 39.9 Å². The lowest BCUT2D eigenvalue weighted by Gasteiger charge is -2.30. The summed E-state index contributed by atoms with van der Waals surface area (Å²) in [6.45, 7) is 4.95. The standard InChI is InChI=1S/C12H16BrNOS/c1-2-9-7-14(6-5-11(9)15)8-10-3-4-12(13)16-10/h3-4,9H,2,5-8H2,1H3. The molecule has 2 rings (SSSR count). The predicted octanol–water partition coefficient (Wildman–Crippen LogP) is 3.31. The van der Waals surface area contributed by atoms with Crippen molar-refractivity contribution in [3.05, 3.63) is 20.8 Å². The van der Waals surface area contributed by atoms with Gasteiger partial charge in [-0.25, -0.2) is 0 Å². The van der Waals surface area contributed by atoms with Gasteiger partial charge in [-0.3, -0.25) is 9.69 Å². The van der Waals surface area contributed by atoms with Crippen LogP contribution in [0.1, 0.15) is 24.6 Å². The topological polar surface area (TPSA) is 20.3 Å². The van der Waals surface area contributed by atoms with Gasteiger partial charge in [0.15, 0.2) is 0 Å². The normalized spacial score (nSPS) is 22.6. The Morgan fingerprint density at radius 1 is 1.56 bits per heavy atom. The third-order valence-electron chi connectivity index (χ3n) is 3.11. The van der Waals surface area contributed by atoms with Gasteiger partial charge >= 0.3 is 0 Å². The van der Waals surface area contributed by atoms with Crippen LogP contribution >= 0.6 is 27.3 Å². The van der Waals surface area contributed by atoms with Gasteiger partial charge in [0.25, 0.3) is 0 Å². The molecule has 1 aliphatic heterocycles. The Hall–Kier alpha value is -0.190. The van der Waals surface area contributed by atoms with Crippen molar-refractivity contribution in [1.29, 1.82) is 0 Å². The summed E-state index contributed by atoms with van der Waals surface area (Å²) >= 11 is 5.26. The fourth-order valence-electron chi connectivity index (χ4n) is 2.13. The molecular weight excluding hydrogens is 286 g/mol. The van der Waals surface area contributed by atoms with Gasteiger partial charge in [0.2, 0.25) is 0 Å². The number of halogens is 1. The molecule has 0 amide bonds. The molecule has 1 aromatic heterocycles. The van der Waals surface area contributed by atoms with Crippen LogP contribution in [0.3, 0.4) is 0 Å². The van der Waals surface area contributed by atoms with Gasteiger partial charge in [0.1, 0.15) is 5.78 Å². The first-order valence-corrected chi connectivity index (χ1v) is 7.29. The van der Waals surface area contributed by atoms with Crippen molar-refractivity contribution in [3.8, 4) is 0 Å². The van der Waals surface area contributed by atoms with Gasteiger partial charge in [-0.15, -0.1) is 11.3 Å². The molecule has 1 aromatic rings. The molecule has 1 saturated heterocycles. The minimum Gasteiger partial charge on any atom is -0.299 e. The molecular formula is C12H16BrNOS. The highest BCUT2D eigenvalue weighted by Crippen LogP contribution is 2.25. The lowest BCUT2D eigenvalue weighted by atomic mass is 9.94. The molecule has 0 bridgehead atoms. The minimum atomic E-state index is 0.261. The van der Waals surface area contributed by atoms with Crippen LogP contribution < -0.4 is 0 Å².